The molecular formula is C29H20N6O4S. The second-order valence-electron chi connectivity index (χ2n) is 8.68. The average Bonchev–Trinajstić information content (AvgIpc) is 3.67. The Balaban J connectivity index is 1.45. The van der Waals surface area contributed by atoms with E-state index in [1.165, 1.54) is 35.1 Å². The molecule has 0 N–H and O–H groups in total. The first kappa shape index (κ1) is 24.9. The van der Waals surface area contributed by atoms with E-state index < -0.39 is 4.92 Å². The van der Waals surface area contributed by atoms with Gasteiger partial charge in [0.2, 0.25) is 4.96 Å². The Morgan fingerprint density at radius 3 is 2.42 bits per heavy atom. The number of thiazole rings is 1. The Hall–Kier alpha value is -5.42. The highest BCUT2D eigenvalue weighted by atomic mass is 32.1. The van der Waals surface area contributed by atoms with Gasteiger partial charge in [-0.05, 0) is 42.0 Å². The van der Waals surface area contributed by atoms with Crippen molar-refractivity contribution in [2.45, 2.75) is 0 Å². The summed E-state index contributed by atoms with van der Waals surface area (Å²) in [6, 6.07) is 23.9. The Bertz CT molecular complexity index is 2000. The number of hydrogen-bond acceptors (Lipinski definition) is 8. The van der Waals surface area contributed by atoms with Crippen molar-refractivity contribution in [3.8, 4) is 22.7 Å². The molecule has 0 amide bonds. The summed E-state index contributed by atoms with van der Waals surface area (Å²) in [6.07, 6.45) is 7.14. The smallest absolute Gasteiger partial charge is 0.311 e. The molecule has 0 bridgehead atoms. The largest absolute Gasteiger partial charge is 0.490 e. The number of nitro groups is 1. The minimum atomic E-state index is -0.501. The number of fused-ring (bicyclic) bond motifs is 1. The summed E-state index contributed by atoms with van der Waals surface area (Å²) in [5.74, 6) is 0.577. The number of benzene rings is 3. The first-order valence-corrected chi connectivity index (χ1v) is 12.9. The highest BCUT2D eigenvalue weighted by Crippen LogP contribution is 2.33. The predicted molar refractivity (Wildman–Crippen MR) is 153 cm³/mol. The van der Waals surface area contributed by atoms with Gasteiger partial charge < -0.3 is 4.74 Å². The number of aromatic nitrogens is 5. The van der Waals surface area contributed by atoms with Crippen molar-refractivity contribution in [1.29, 1.82) is 0 Å². The molecule has 6 rings (SSSR count). The molecule has 0 aliphatic heterocycles. The highest BCUT2D eigenvalue weighted by Gasteiger charge is 2.20. The zero-order valence-corrected chi connectivity index (χ0v) is 21.9. The molecule has 0 unspecified atom stereocenters. The Labute approximate surface area is 230 Å². The first-order chi connectivity index (χ1) is 19.5. The number of hydrogen-bond donors (Lipinski definition) is 0. The molecule has 3 heterocycles. The van der Waals surface area contributed by atoms with E-state index in [4.69, 9.17) is 9.84 Å². The van der Waals surface area contributed by atoms with Gasteiger partial charge in [0.05, 0.1) is 22.3 Å². The van der Waals surface area contributed by atoms with Crippen LogP contribution in [0.5, 0.6) is 5.75 Å². The number of nitro benzene ring substituents is 1. The minimum Gasteiger partial charge on any atom is -0.490 e. The van der Waals surface area contributed by atoms with E-state index in [0.29, 0.717) is 32.1 Å². The maximum absolute atomic E-state index is 13.3. The monoisotopic (exact) mass is 548 g/mol. The molecule has 0 saturated carbocycles. The van der Waals surface area contributed by atoms with E-state index in [-0.39, 0.29) is 17.0 Å². The van der Waals surface area contributed by atoms with Crippen molar-refractivity contribution in [2.75, 3.05) is 7.11 Å². The third-order valence-electron chi connectivity index (χ3n) is 6.12. The summed E-state index contributed by atoms with van der Waals surface area (Å²) >= 11 is 1.21. The van der Waals surface area contributed by atoms with Crippen LogP contribution in [0.3, 0.4) is 0 Å². The predicted octanol–water partition coefficient (Wildman–Crippen LogP) is 4.64. The van der Waals surface area contributed by atoms with Gasteiger partial charge in [-0.2, -0.15) is 14.6 Å². The molecule has 0 fully saturated rings. The van der Waals surface area contributed by atoms with Crippen LogP contribution in [0.1, 0.15) is 17.0 Å². The van der Waals surface area contributed by atoms with Crippen LogP contribution in [-0.2, 0) is 0 Å². The van der Waals surface area contributed by atoms with Crippen molar-refractivity contribution in [3.05, 3.63) is 127 Å². The molecule has 0 aliphatic carbocycles. The summed E-state index contributed by atoms with van der Waals surface area (Å²) in [7, 11) is 1.38. The summed E-state index contributed by atoms with van der Waals surface area (Å²) in [4.78, 5) is 29.4. The van der Waals surface area contributed by atoms with E-state index in [1.54, 1.807) is 29.1 Å². The van der Waals surface area contributed by atoms with Crippen LogP contribution < -0.4 is 14.8 Å². The van der Waals surface area contributed by atoms with Crippen LogP contribution in [0.15, 0.2) is 89.9 Å². The molecule has 6 aromatic rings. The van der Waals surface area contributed by atoms with E-state index in [0.717, 1.165) is 11.3 Å². The summed E-state index contributed by atoms with van der Waals surface area (Å²) < 4.78 is 8.51. The number of ether oxygens (including phenoxy) is 1. The topological polar surface area (TPSA) is 117 Å². The molecular weight excluding hydrogens is 528 g/mol. The number of rotatable bonds is 7. The number of methoxy groups -OCH3 is 1. The van der Waals surface area contributed by atoms with E-state index in [9.17, 15) is 14.9 Å². The second-order valence-corrected chi connectivity index (χ2v) is 9.69. The van der Waals surface area contributed by atoms with Crippen LogP contribution in [0.4, 0.5) is 5.69 Å². The fraction of sp³-hybridized carbons (Fsp3) is 0.0345. The van der Waals surface area contributed by atoms with Gasteiger partial charge in [0.1, 0.15) is 5.69 Å². The molecule has 11 heteroatoms. The lowest BCUT2D eigenvalue weighted by Crippen LogP contribution is -2.23. The van der Waals surface area contributed by atoms with Gasteiger partial charge in [-0.25, -0.2) is 4.68 Å². The van der Waals surface area contributed by atoms with Crippen molar-refractivity contribution in [3.63, 3.8) is 0 Å². The van der Waals surface area contributed by atoms with Crippen molar-refractivity contribution in [1.82, 2.24) is 24.4 Å². The summed E-state index contributed by atoms with van der Waals surface area (Å²) in [5, 5.41) is 20.7. The van der Waals surface area contributed by atoms with Gasteiger partial charge in [0.15, 0.2) is 11.6 Å². The van der Waals surface area contributed by atoms with Crippen LogP contribution in [-0.4, -0.2) is 36.4 Å². The summed E-state index contributed by atoms with van der Waals surface area (Å²) in [5.41, 5.74) is 2.89. The molecule has 196 valence electrons. The Morgan fingerprint density at radius 1 is 0.975 bits per heavy atom. The molecule has 40 heavy (non-hydrogen) atoms. The lowest BCUT2D eigenvalue weighted by molar-refractivity contribution is -0.385. The normalized spacial score (nSPS) is 12.0. The summed E-state index contributed by atoms with van der Waals surface area (Å²) in [6.45, 7) is 0. The zero-order valence-electron chi connectivity index (χ0n) is 21.0. The minimum absolute atomic E-state index is 0.145. The molecule has 0 spiro atoms. The number of para-hydroxylation sites is 1. The molecule has 0 atom stereocenters. The molecule has 0 aliphatic rings. The van der Waals surface area contributed by atoms with E-state index in [1.807, 2.05) is 66.7 Å². The lowest BCUT2D eigenvalue weighted by Gasteiger charge is -2.04. The SMILES string of the molecule is COc1ccc(-c2nn(-c3ccccc3)cc2C=c2sc3nc(C=Cc4ccccc4)nn3c2=O)cc1[N+](=O)[O-]. The Kier molecular flexibility index (Phi) is 6.46. The maximum atomic E-state index is 13.3. The van der Waals surface area contributed by atoms with Crippen LogP contribution >= 0.6 is 11.3 Å². The van der Waals surface area contributed by atoms with Gasteiger partial charge in [-0.1, -0.05) is 65.9 Å². The molecule has 0 radical (unpaired) electrons. The molecule has 3 aromatic carbocycles. The van der Waals surface area contributed by atoms with Crippen molar-refractivity contribution >= 4 is 40.2 Å². The standard InChI is InChI=1S/C29H20N6O4S/c1-39-24-14-13-20(16-23(24)35(37)38)27-21(18-33(32-27)22-10-6-3-7-11-22)17-25-28(36)34-29(40-25)30-26(31-34)15-12-19-8-4-2-5-9-19/h2-18H,1H3. The highest BCUT2D eigenvalue weighted by molar-refractivity contribution is 7.15. The molecule has 0 saturated heterocycles. The fourth-order valence-electron chi connectivity index (χ4n) is 4.21. The van der Waals surface area contributed by atoms with Crippen LogP contribution in [0.25, 0.3) is 40.1 Å². The van der Waals surface area contributed by atoms with Crippen molar-refractivity contribution < 1.29 is 9.66 Å². The average molecular weight is 549 g/mol. The number of nitrogens with zero attached hydrogens (tertiary/aromatic N) is 6. The van der Waals surface area contributed by atoms with Crippen LogP contribution in [0, 0.1) is 10.1 Å². The van der Waals surface area contributed by atoms with Gasteiger partial charge in [0.25, 0.3) is 5.56 Å². The third-order valence-corrected chi connectivity index (χ3v) is 7.08. The fourth-order valence-corrected chi connectivity index (χ4v) is 5.11. The van der Waals surface area contributed by atoms with Crippen LogP contribution in [0.2, 0.25) is 0 Å². The quantitative estimate of drug-likeness (QED) is 0.211. The Morgan fingerprint density at radius 2 is 1.73 bits per heavy atom. The third kappa shape index (κ3) is 4.76. The van der Waals surface area contributed by atoms with Gasteiger partial charge in [0, 0.05) is 23.4 Å². The second kappa shape index (κ2) is 10.4. The lowest BCUT2D eigenvalue weighted by atomic mass is 10.1. The van der Waals surface area contributed by atoms with E-state index >= 15 is 0 Å². The molecule has 10 nitrogen and oxygen atoms in total. The first-order valence-electron chi connectivity index (χ1n) is 12.1. The van der Waals surface area contributed by atoms with Gasteiger partial charge in [-0.3, -0.25) is 14.9 Å². The zero-order chi connectivity index (χ0) is 27.6. The molecule has 3 aromatic heterocycles. The van der Waals surface area contributed by atoms with E-state index in [2.05, 4.69) is 10.1 Å². The van der Waals surface area contributed by atoms with Gasteiger partial charge in [-0.15, -0.1) is 5.10 Å². The van der Waals surface area contributed by atoms with Gasteiger partial charge >= 0.3 is 5.69 Å². The van der Waals surface area contributed by atoms with Crippen molar-refractivity contribution in [2.24, 2.45) is 0 Å². The maximum Gasteiger partial charge on any atom is 0.311 e.